The normalized spacial score (nSPS) is 23.1. The Balaban J connectivity index is 1.91. The summed E-state index contributed by atoms with van der Waals surface area (Å²) in [7, 11) is 0. The fraction of sp³-hybridized carbons (Fsp3) is 0.571. The molecule has 1 aliphatic carbocycles. The summed E-state index contributed by atoms with van der Waals surface area (Å²) < 4.78 is 5.37. The Morgan fingerprint density at radius 2 is 1.89 bits per heavy atom. The topological polar surface area (TPSA) is 79.5 Å². The largest absolute Gasteiger partial charge is 0.481 e. The third-order valence-electron chi connectivity index (χ3n) is 3.66. The number of rotatable bonds is 3. The second-order valence-corrected chi connectivity index (χ2v) is 5.23. The van der Waals surface area contributed by atoms with Crippen molar-refractivity contribution in [2.24, 2.45) is 5.92 Å². The number of hydrogen-bond acceptors (Lipinski definition) is 3. The van der Waals surface area contributed by atoms with Crippen molar-refractivity contribution < 1.29 is 19.1 Å². The van der Waals surface area contributed by atoms with Crippen molar-refractivity contribution >= 4 is 11.9 Å². The fourth-order valence-electron chi connectivity index (χ4n) is 2.60. The van der Waals surface area contributed by atoms with Crippen LogP contribution in [0.1, 0.15) is 47.6 Å². The van der Waals surface area contributed by atoms with Crippen molar-refractivity contribution in [3.63, 3.8) is 0 Å². The van der Waals surface area contributed by atoms with Gasteiger partial charge >= 0.3 is 5.97 Å². The van der Waals surface area contributed by atoms with E-state index in [9.17, 15) is 9.59 Å². The van der Waals surface area contributed by atoms with Crippen LogP contribution in [-0.2, 0) is 4.79 Å². The lowest BCUT2D eigenvalue weighted by Crippen LogP contribution is -2.38. The van der Waals surface area contributed by atoms with Crippen LogP contribution in [0.5, 0.6) is 0 Å². The van der Waals surface area contributed by atoms with Crippen LogP contribution < -0.4 is 5.32 Å². The Morgan fingerprint density at radius 1 is 1.26 bits per heavy atom. The van der Waals surface area contributed by atoms with Gasteiger partial charge in [0, 0.05) is 11.6 Å². The lowest BCUT2D eigenvalue weighted by atomic mass is 9.86. The van der Waals surface area contributed by atoms with E-state index in [-0.39, 0.29) is 17.9 Å². The van der Waals surface area contributed by atoms with Crippen molar-refractivity contribution in [1.82, 2.24) is 5.32 Å². The van der Waals surface area contributed by atoms with Crippen LogP contribution in [0.15, 0.2) is 10.5 Å². The van der Waals surface area contributed by atoms with E-state index in [1.165, 1.54) is 0 Å². The smallest absolute Gasteiger partial charge is 0.306 e. The molecule has 0 unspecified atom stereocenters. The van der Waals surface area contributed by atoms with Gasteiger partial charge < -0.3 is 14.8 Å². The van der Waals surface area contributed by atoms with Gasteiger partial charge in [0.25, 0.3) is 5.91 Å². The summed E-state index contributed by atoms with van der Waals surface area (Å²) in [5, 5.41) is 11.8. The molecule has 0 atom stereocenters. The van der Waals surface area contributed by atoms with Crippen LogP contribution in [-0.4, -0.2) is 23.0 Å². The van der Waals surface area contributed by atoms with E-state index >= 15 is 0 Å². The molecule has 5 heteroatoms. The van der Waals surface area contributed by atoms with E-state index in [1.807, 2.05) is 19.9 Å². The van der Waals surface area contributed by atoms with Crippen LogP contribution in [0.4, 0.5) is 0 Å². The molecule has 0 aliphatic heterocycles. The summed E-state index contributed by atoms with van der Waals surface area (Å²) in [6.07, 6.45) is 2.66. The molecule has 104 valence electrons. The number of furan rings is 1. The van der Waals surface area contributed by atoms with Crippen molar-refractivity contribution in [2.75, 3.05) is 0 Å². The minimum absolute atomic E-state index is 0.0490. The number of carbonyl (C=O) groups is 2. The molecule has 1 saturated carbocycles. The Bertz CT molecular complexity index is 484. The molecule has 0 radical (unpaired) electrons. The van der Waals surface area contributed by atoms with Crippen LogP contribution in [0.2, 0.25) is 0 Å². The maximum atomic E-state index is 12.0. The SMILES string of the molecule is Cc1cc(C)c(C(=O)NC2CCC(C(=O)O)CC2)o1. The lowest BCUT2D eigenvalue weighted by Gasteiger charge is -2.26. The summed E-state index contributed by atoms with van der Waals surface area (Å²) in [5.74, 6) is -0.123. The van der Waals surface area contributed by atoms with Gasteiger partial charge in [0.2, 0.25) is 0 Å². The molecule has 2 rings (SSSR count). The molecule has 19 heavy (non-hydrogen) atoms. The average Bonchev–Trinajstić information content (AvgIpc) is 2.69. The second-order valence-electron chi connectivity index (χ2n) is 5.23. The Hall–Kier alpha value is -1.78. The molecule has 5 nitrogen and oxygen atoms in total. The molecule has 0 aromatic carbocycles. The summed E-state index contributed by atoms with van der Waals surface area (Å²) in [6.45, 7) is 3.65. The number of amides is 1. The third kappa shape index (κ3) is 3.16. The Labute approximate surface area is 112 Å². The highest BCUT2D eigenvalue weighted by Crippen LogP contribution is 2.25. The van der Waals surface area contributed by atoms with E-state index < -0.39 is 5.97 Å². The van der Waals surface area contributed by atoms with Crippen molar-refractivity contribution in [1.29, 1.82) is 0 Å². The van der Waals surface area contributed by atoms with Gasteiger partial charge in [0.15, 0.2) is 5.76 Å². The molecule has 0 bridgehead atoms. The predicted octanol–water partition coefficient (Wildman–Crippen LogP) is 2.27. The third-order valence-corrected chi connectivity index (χ3v) is 3.66. The minimum atomic E-state index is -0.734. The maximum absolute atomic E-state index is 12.0. The van der Waals surface area contributed by atoms with Crippen LogP contribution in [0.3, 0.4) is 0 Å². The highest BCUT2D eigenvalue weighted by Gasteiger charge is 2.27. The van der Waals surface area contributed by atoms with E-state index in [4.69, 9.17) is 9.52 Å². The molecule has 1 aromatic rings. The van der Waals surface area contributed by atoms with Gasteiger partial charge in [0.05, 0.1) is 5.92 Å². The summed E-state index contributed by atoms with van der Waals surface area (Å²) in [4.78, 5) is 22.9. The van der Waals surface area contributed by atoms with E-state index in [0.717, 1.165) is 11.3 Å². The van der Waals surface area contributed by atoms with Gasteiger partial charge in [0.1, 0.15) is 5.76 Å². The van der Waals surface area contributed by atoms with E-state index in [1.54, 1.807) is 0 Å². The number of hydrogen-bond donors (Lipinski definition) is 2. The predicted molar refractivity (Wildman–Crippen MR) is 69.0 cm³/mol. The fourth-order valence-corrected chi connectivity index (χ4v) is 2.60. The van der Waals surface area contributed by atoms with E-state index in [2.05, 4.69) is 5.32 Å². The van der Waals surface area contributed by atoms with Gasteiger partial charge in [-0.3, -0.25) is 9.59 Å². The van der Waals surface area contributed by atoms with Gasteiger partial charge in [-0.05, 0) is 45.6 Å². The first kappa shape index (κ1) is 13.6. The molecule has 0 spiro atoms. The maximum Gasteiger partial charge on any atom is 0.306 e. The zero-order valence-corrected chi connectivity index (χ0v) is 11.2. The molecule has 1 amide bonds. The average molecular weight is 265 g/mol. The molecular formula is C14H19NO4. The Morgan fingerprint density at radius 3 is 2.37 bits per heavy atom. The molecular weight excluding hydrogens is 246 g/mol. The van der Waals surface area contributed by atoms with Crippen molar-refractivity contribution in [2.45, 2.75) is 45.6 Å². The number of carbonyl (C=O) groups excluding carboxylic acids is 1. The minimum Gasteiger partial charge on any atom is -0.481 e. The zero-order chi connectivity index (χ0) is 14.0. The first-order valence-corrected chi connectivity index (χ1v) is 6.58. The second kappa shape index (κ2) is 5.47. The standard InChI is InChI=1S/C14H19NO4/c1-8-7-9(2)19-12(8)13(16)15-11-5-3-10(4-6-11)14(17)18/h7,10-11H,3-6H2,1-2H3,(H,15,16)(H,17,18). The Kier molecular flexibility index (Phi) is 3.93. The molecule has 1 heterocycles. The number of aliphatic carboxylic acids is 1. The summed E-state index contributed by atoms with van der Waals surface area (Å²) >= 11 is 0. The van der Waals surface area contributed by atoms with Crippen molar-refractivity contribution in [3.8, 4) is 0 Å². The lowest BCUT2D eigenvalue weighted by molar-refractivity contribution is -0.142. The van der Waals surface area contributed by atoms with Gasteiger partial charge in [-0.1, -0.05) is 0 Å². The van der Waals surface area contributed by atoms with Crippen molar-refractivity contribution in [3.05, 3.63) is 23.2 Å². The van der Waals surface area contributed by atoms with Crippen LogP contribution in [0.25, 0.3) is 0 Å². The zero-order valence-electron chi connectivity index (χ0n) is 11.2. The first-order chi connectivity index (χ1) is 8.97. The highest BCUT2D eigenvalue weighted by molar-refractivity contribution is 5.93. The quantitative estimate of drug-likeness (QED) is 0.878. The van der Waals surface area contributed by atoms with Gasteiger partial charge in [-0.15, -0.1) is 0 Å². The number of carboxylic acids is 1. The molecule has 1 aromatic heterocycles. The molecule has 2 N–H and O–H groups in total. The summed E-state index contributed by atoms with van der Waals surface area (Å²) in [5.41, 5.74) is 0.828. The van der Waals surface area contributed by atoms with Crippen LogP contribution >= 0.6 is 0 Å². The molecule has 0 saturated heterocycles. The molecule has 1 aliphatic rings. The number of nitrogens with one attached hydrogen (secondary N) is 1. The van der Waals surface area contributed by atoms with Gasteiger partial charge in [-0.25, -0.2) is 0 Å². The highest BCUT2D eigenvalue weighted by atomic mass is 16.4. The molecule has 1 fully saturated rings. The number of aryl methyl sites for hydroxylation is 2. The summed E-state index contributed by atoms with van der Waals surface area (Å²) in [6, 6.07) is 1.88. The van der Waals surface area contributed by atoms with Crippen LogP contribution in [0, 0.1) is 19.8 Å². The van der Waals surface area contributed by atoms with E-state index in [0.29, 0.717) is 31.4 Å². The number of carboxylic acid groups (broad SMARTS) is 1. The monoisotopic (exact) mass is 265 g/mol. The first-order valence-electron chi connectivity index (χ1n) is 6.58. The van der Waals surface area contributed by atoms with Gasteiger partial charge in [-0.2, -0.15) is 0 Å².